The molecule has 1 aliphatic carbocycles. The van der Waals surface area contributed by atoms with Crippen molar-refractivity contribution in [1.82, 2.24) is 15.5 Å². The molecule has 1 N–H and O–H groups in total. The number of aromatic nitrogens is 2. The summed E-state index contributed by atoms with van der Waals surface area (Å²) in [7, 11) is 0. The first-order valence-corrected chi connectivity index (χ1v) is 4.44. The molecule has 1 aromatic heterocycles. The largest absolute Gasteiger partial charge is 0.338 e. The Morgan fingerprint density at radius 3 is 3.00 bits per heavy atom. The van der Waals surface area contributed by atoms with Gasteiger partial charge in [-0.1, -0.05) is 18.0 Å². The van der Waals surface area contributed by atoms with Gasteiger partial charge in [0.15, 0.2) is 6.33 Å². The molecule has 4 heteroatoms. The number of nitrogens with one attached hydrogen (secondary N) is 1. The van der Waals surface area contributed by atoms with Crippen molar-refractivity contribution in [2.75, 3.05) is 0 Å². The van der Waals surface area contributed by atoms with Gasteiger partial charge in [-0.05, 0) is 12.8 Å². The molecule has 0 saturated heterocycles. The van der Waals surface area contributed by atoms with E-state index in [2.05, 4.69) is 15.5 Å². The van der Waals surface area contributed by atoms with E-state index in [0.29, 0.717) is 18.5 Å². The Morgan fingerprint density at radius 2 is 2.33 bits per heavy atom. The first-order valence-electron chi connectivity index (χ1n) is 4.44. The molecule has 0 amide bonds. The fourth-order valence-corrected chi connectivity index (χ4v) is 1.64. The molecule has 0 aromatic carbocycles. The van der Waals surface area contributed by atoms with Crippen molar-refractivity contribution >= 4 is 0 Å². The third kappa shape index (κ3) is 1.82. The van der Waals surface area contributed by atoms with Gasteiger partial charge in [0.1, 0.15) is 0 Å². The zero-order valence-electron chi connectivity index (χ0n) is 6.99. The molecule has 66 valence electrons. The molecule has 1 heterocycles. The van der Waals surface area contributed by atoms with Gasteiger partial charge in [-0.15, -0.1) is 0 Å². The maximum atomic E-state index is 4.87. The van der Waals surface area contributed by atoms with Gasteiger partial charge in [-0.25, -0.2) is 0 Å². The SMILES string of the molecule is c1noc(CNC2CCCC2)n1. The number of hydrogen-bond acceptors (Lipinski definition) is 4. The summed E-state index contributed by atoms with van der Waals surface area (Å²) in [5.41, 5.74) is 0. The minimum absolute atomic E-state index is 0.664. The van der Waals surface area contributed by atoms with E-state index < -0.39 is 0 Å². The van der Waals surface area contributed by atoms with Crippen LogP contribution < -0.4 is 5.32 Å². The van der Waals surface area contributed by atoms with Crippen LogP contribution in [0, 0.1) is 0 Å². The second-order valence-electron chi connectivity index (χ2n) is 3.20. The lowest BCUT2D eigenvalue weighted by Gasteiger charge is -2.08. The Balaban J connectivity index is 1.74. The molecule has 0 radical (unpaired) electrons. The van der Waals surface area contributed by atoms with Crippen LogP contribution >= 0.6 is 0 Å². The predicted octanol–water partition coefficient (Wildman–Crippen LogP) is 1.10. The van der Waals surface area contributed by atoms with Gasteiger partial charge in [0, 0.05) is 6.04 Å². The quantitative estimate of drug-likeness (QED) is 0.732. The summed E-state index contributed by atoms with van der Waals surface area (Å²) in [6.45, 7) is 0.713. The summed E-state index contributed by atoms with van der Waals surface area (Å²) in [4.78, 5) is 3.94. The fourth-order valence-electron chi connectivity index (χ4n) is 1.64. The molecule has 0 spiro atoms. The van der Waals surface area contributed by atoms with Crippen LogP contribution in [0.1, 0.15) is 31.6 Å². The van der Waals surface area contributed by atoms with Gasteiger partial charge in [0.2, 0.25) is 5.89 Å². The van der Waals surface area contributed by atoms with E-state index in [1.807, 2.05) is 0 Å². The molecule has 1 saturated carbocycles. The third-order valence-corrected chi connectivity index (χ3v) is 2.30. The van der Waals surface area contributed by atoms with Crippen molar-refractivity contribution in [3.05, 3.63) is 12.2 Å². The van der Waals surface area contributed by atoms with E-state index in [1.54, 1.807) is 0 Å². The van der Waals surface area contributed by atoms with E-state index in [9.17, 15) is 0 Å². The van der Waals surface area contributed by atoms with Crippen molar-refractivity contribution in [2.24, 2.45) is 0 Å². The molecule has 4 nitrogen and oxygen atoms in total. The molecule has 2 rings (SSSR count). The van der Waals surface area contributed by atoms with Gasteiger partial charge in [-0.3, -0.25) is 0 Å². The van der Waals surface area contributed by atoms with Crippen LogP contribution in [0.25, 0.3) is 0 Å². The standard InChI is InChI=1S/C8H13N3O/c1-2-4-7(3-1)9-5-8-10-6-11-12-8/h6-7,9H,1-5H2. The Hall–Kier alpha value is -0.900. The highest BCUT2D eigenvalue weighted by molar-refractivity contribution is 4.78. The van der Waals surface area contributed by atoms with Crippen molar-refractivity contribution in [3.63, 3.8) is 0 Å². The van der Waals surface area contributed by atoms with Crippen molar-refractivity contribution in [1.29, 1.82) is 0 Å². The number of rotatable bonds is 3. The van der Waals surface area contributed by atoms with Gasteiger partial charge in [0.25, 0.3) is 0 Å². The van der Waals surface area contributed by atoms with Crippen LogP contribution in [0.5, 0.6) is 0 Å². The van der Waals surface area contributed by atoms with E-state index >= 15 is 0 Å². The van der Waals surface area contributed by atoms with E-state index in [4.69, 9.17) is 4.52 Å². The van der Waals surface area contributed by atoms with Gasteiger partial charge >= 0.3 is 0 Å². The number of nitrogens with zero attached hydrogens (tertiary/aromatic N) is 2. The van der Waals surface area contributed by atoms with Crippen LogP contribution in [0.2, 0.25) is 0 Å². The summed E-state index contributed by atoms with van der Waals surface area (Å²) in [6, 6.07) is 0.664. The molecular formula is C8H13N3O. The predicted molar refractivity (Wildman–Crippen MR) is 43.4 cm³/mol. The van der Waals surface area contributed by atoms with Gasteiger partial charge < -0.3 is 9.84 Å². The highest BCUT2D eigenvalue weighted by Crippen LogP contribution is 2.17. The first-order chi connectivity index (χ1) is 5.95. The topological polar surface area (TPSA) is 51.0 Å². The average molecular weight is 167 g/mol. The van der Waals surface area contributed by atoms with Crippen LogP contribution in [0.4, 0.5) is 0 Å². The molecule has 1 fully saturated rings. The average Bonchev–Trinajstić information content (AvgIpc) is 2.74. The Kier molecular flexibility index (Phi) is 2.36. The monoisotopic (exact) mass is 167 g/mol. The lowest BCUT2D eigenvalue weighted by atomic mass is 10.2. The van der Waals surface area contributed by atoms with Gasteiger partial charge in [0.05, 0.1) is 6.54 Å². The Labute approximate surface area is 71.4 Å². The maximum Gasteiger partial charge on any atom is 0.240 e. The van der Waals surface area contributed by atoms with Crippen LogP contribution in [-0.2, 0) is 6.54 Å². The lowest BCUT2D eigenvalue weighted by molar-refractivity contribution is 0.356. The highest BCUT2D eigenvalue weighted by atomic mass is 16.5. The number of hydrogen-bond donors (Lipinski definition) is 1. The van der Waals surface area contributed by atoms with Crippen molar-refractivity contribution < 1.29 is 4.52 Å². The Bertz CT molecular complexity index is 216. The summed E-state index contributed by atoms with van der Waals surface area (Å²) in [5, 5.41) is 6.93. The third-order valence-electron chi connectivity index (χ3n) is 2.30. The molecule has 1 aliphatic rings. The normalized spacial score (nSPS) is 18.7. The maximum absolute atomic E-state index is 4.87. The molecular weight excluding hydrogens is 154 g/mol. The smallest absolute Gasteiger partial charge is 0.240 e. The molecule has 0 unspecified atom stereocenters. The lowest BCUT2D eigenvalue weighted by Crippen LogP contribution is -2.25. The van der Waals surface area contributed by atoms with E-state index in [1.165, 1.54) is 32.0 Å². The molecule has 1 aromatic rings. The summed E-state index contributed by atoms with van der Waals surface area (Å²) >= 11 is 0. The molecule has 0 atom stereocenters. The minimum atomic E-state index is 0.664. The van der Waals surface area contributed by atoms with Crippen LogP contribution in [0.3, 0.4) is 0 Å². The molecule has 0 bridgehead atoms. The second-order valence-corrected chi connectivity index (χ2v) is 3.20. The zero-order valence-corrected chi connectivity index (χ0v) is 6.99. The van der Waals surface area contributed by atoms with Crippen molar-refractivity contribution in [3.8, 4) is 0 Å². The second kappa shape index (κ2) is 3.67. The van der Waals surface area contributed by atoms with Crippen molar-refractivity contribution in [2.45, 2.75) is 38.3 Å². The Morgan fingerprint density at radius 1 is 1.50 bits per heavy atom. The van der Waals surface area contributed by atoms with Gasteiger partial charge in [-0.2, -0.15) is 4.98 Å². The fraction of sp³-hybridized carbons (Fsp3) is 0.750. The first kappa shape index (κ1) is 7.73. The highest BCUT2D eigenvalue weighted by Gasteiger charge is 2.14. The zero-order chi connectivity index (χ0) is 8.23. The van der Waals surface area contributed by atoms with Crippen LogP contribution in [0.15, 0.2) is 10.9 Å². The van der Waals surface area contributed by atoms with Crippen LogP contribution in [-0.4, -0.2) is 16.2 Å². The van der Waals surface area contributed by atoms with E-state index in [-0.39, 0.29) is 0 Å². The summed E-state index contributed by atoms with van der Waals surface area (Å²) in [5.74, 6) is 0.682. The van der Waals surface area contributed by atoms with E-state index in [0.717, 1.165) is 0 Å². The molecule has 0 aliphatic heterocycles. The summed E-state index contributed by atoms with van der Waals surface area (Å²) in [6.07, 6.45) is 6.71. The molecule has 12 heavy (non-hydrogen) atoms. The minimum Gasteiger partial charge on any atom is -0.338 e. The summed E-state index contributed by atoms with van der Waals surface area (Å²) < 4.78 is 4.87.